The van der Waals surface area contributed by atoms with E-state index in [2.05, 4.69) is 55.2 Å². The minimum Gasteiger partial charge on any atom is -0.372 e. The molecule has 20 heavy (non-hydrogen) atoms. The van der Waals surface area contributed by atoms with Crippen molar-refractivity contribution in [3.8, 4) is 0 Å². The van der Waals surface area contributed by atoms with Crippen LogP contribution in [-0.2, 0) is 6.54 Å². The Kier molecular flexibility index (Phi) is 5.03. The van der Waals surface area contributed by atoms with Crippen LogP contribution in [0.1, 0.15) is 52.1 Å². The molecule has 0 aliphatic heterocycles. The number of hydrogen-bond donors (Lipinski definition) is 1. The second-order valence-corrected chi connectivity index (χ2v) is 6.79. The third-order valence-electron chi connectivity index (χ3n) is 4.62. The van der Waals surface area contributed by atoms with Crippen LogP contribution < -0.4 is 10.2 Å². The van der Waals surface area contributed by atoms with Gasteiger partial charge in [0.25, 0.3) is 0 Å². The van der Waals surface area contributed by atoms with Crippen LogP contribution in [0.4, 0.5) is 5.69 Å². The summed E-state index contributed by atoms with van der Waals surface area (Å²) in [5, 5.41) is 3.34. The Hall–Kier alpha value is -1.09. The van der Waals surface area contributed by atoms with Crippen LogP contribution in [0.3, 0.4) is 0 Å². The third kappa shape index (κ3) is 3.95. The van der Waals surface area contributed by atoms with E-state index in [9.17, 15) is 0 Å². The van der Waals surface area contributed by atoms with Crippen LogP contribution in [0, 0.1) is 5.41 Å². The zero-order valence-electron chi connectivity index (χ0n) is 13.4. The van der Waals surface area contributed by atoms with Crippen molar-refractivity contribution >= 4 is 5.69 Å². The van der Waals surface area contributed by atoms with Crippen molar-refractivity contribution in [3.05, 3.63) is 24.0 Å². The normalized spacial score (nSPS) is 19.0. The molecular formula is C17H29N3. The molecule has 0 spiro atoms. The fourth-order valence-corrected chi connectivity index (χ4v) is 3.02. The average molecular weight is 275 g/mol. The van der Waals surface area contributed by atoms with Gasteiger partial charge in [-0.25, -0.2) is 0 Å². The third-order valence-corrected chi connectivity index (χ3v) is 4.62. The van der Waals surface area contributed by atoms with E-state index in [1.165, 1.54) is 31.4 Å². The lowest BCUT2D eigenvalue weighted by Crippen LogP contribution is -2.37. The molecular weight excluding hydrogens is 246 g/mol. The highest BCUT2D eigenvalue weighted by Gasteiger charge is 2.28. The number of anilines is 1. The van der Waals surface area contributed by atoms with E-state index in [1.54, 1.807) is 0 Å². The van der Waals surface area contributed by atoms with Crippen molar-refractivity contribution in [2.24, 2.45) is 5.41 Å². The van der Waals surface area contributed by atoms with Gasteiger partial charge >= 0.3 is 0 Å². The zero-order chi connectivity index (χ0) is 14.6. The van der Waals surface area contributed by atoms with Gasteiger partial charge in [0.05, 0.1) is 5.69 Å². The summed E-state index contributed by atoms with van der Waals surface area (Å²) in [7, 11) is 2.23. The number of aromatic nitrogens is 1. The van der Waals surface area contributed by atoms with Gasteiger partial charge in [-0.15, -0.1) is 0 Å². The Labute approximate surface area is 123 Å². The van der Waals surface area contributed by atoms with Gasteiger partial charge in [0.2, 0.25) is 0 Å². The van der Waals surface area contributed by atoms with Crippen LogP contribution in [0.5, 0.6) is 0 Å². The number of pyridine rings is 1. The zero-order valence-corrected chi connectivity index (χ0v) is 13.4. The lowest BCUT2D eigenvalue weighted by molar-refractivity contribution is 0.222. The van der Waals surface area contributed by atoms with Crippen molar-refractivity contribution in [3.63, 3.8) is 0 Å². The first-order valence-corrected chi connectivity index (χ1v) is 7.90. The Balaban J connectivity index is 2.00. The molecule has 0 atom stereocenters. The van der Waals surface area contributed by atoms with E-state index in [0.717, 1.165) is 18.8 Å². The lowest BCUT2D eigenvalue weighted by Gasteiger charge is -2.39. The van der Waals surface area contributed by atoms with Gasteiger partial charge in [0, 0.05) is 31.5 Å². The Bertz CT molecular complexity index is 418. The molecule has 3 nitrogen and oxygen atoms in total. The van der Waals surface area contributed by atoms with Gasteiger partial charge in [-0.2, -0.15) is 0 Å². The summed E-state index contributed by atoms with van der Waals surface area (Å²) in [6.45, 7) is 8.75. The fourth-order valence-electron chi connectivity index (χ4n) is 3.02. The maximum Gasteiger partial charge on any atom is 0.0562 e. The molecule has 0 radical (unpaired) electrons. The van der Waals surface area contributed by atoms with E-state index >= 15 is 0 Å². The highest BCUT2D eigenvalue weighted by Crippen LogP contribution is 2.37. The van der Waals surface area contributed by atoms with E-state index in [1.807, 2.05) is 6.20 Å². The predicted molar refractivity (Wildman–Crippen MR) is 86.1 cm³/mol. The summed E-state index contributed by atoms with van der Waals surface area (Å²) in [4.78, 5) is 6.89. The minimum atomic E-state index is 0.534. The first kappa shape index (κ1) is 15.3. The SMILES string of the molecule is CCNCc1cc(N(C)C2CCC(C)(C)CC2)ccn1. The molecule has 1 aromatic rings. The van der Waals surface area contributed by atoms with Crippen molar-refractivity contribution in [1.82, 2.24) is 10.3 Å². The maximum atomic E-state index is 4.44. The van der Waals surface area contributed by atoms with Crippen molar-refractivity contribution in [2.45, 2.75) is 59.0 Å². The summed E-state index contributed by atoms with van der Waals surface area (Å²) in [6, 6.07) is 5.04. The largest absolute Gasteiger partial charge is 0.372 e. The highest BCUT2D eigenvalue weighted by atomic mass is 15.1. The monoisotopic (exact) mass is 275 g/mol. The minimum absolute atomic E-state index is 0.534. The first-order chi connectivity index (χ1) is 9.52. The Morgan fingerprint density at radius 2 is 2.05 bits per heavy atom. The van der Waals surface area contributed by atoms with Gasteiger partial charge in [-0.1, -0.05) is 20.8 Å². The molecule has 1 fully saturated rings. The molecule has 0 unspecified atom stereocenters. The molecule has 1 aromatic heterocycles. The van der Waals surface area contributed by atoms with E-state index < -0.39 is 0 Å². The molecule has 1 aliphatic rings. The number of hydrogen-bond acceptors (Lipinski definition) is 3. The second kappa shape index (κ2) is 6.57. The summed E-state index contributed by atoms with van der Waals surface area (Å²) in [6.07, 6.45) is 7.20. The number of nitrogens with zero attached hydrogens (tertiary/aromatic N) is 2. The van der Waals surface area contributed by atoms with Crippen molar-refractivity contribution in [1.29, 1.82) is 0 Å². The van der Waals surface area contributed by atoms with E-state index in [-0.39, 0.29) is 0 Å². The van der Waals surface area contributed by atoms with Gasteiger partial charge in [-0.3, -0.25) is 4.98 Å². The Morgan fingerprint density at radius 1 is 1.35 bits per heavy atom. The van der Waals surface area contributed by atoms with Crippen molar-refractivity contribution in [2.75, 3.05) is 18.5 Å². The summed E-state index contributed by atoms with van der Waals surface area (Å²) in [5.41, 5.74) is 2.97. The summed E-state index contributed by atoms with van der Waals surface area (Å²) < 4.78 is 0. The standard InChI is InChI=1S/C17H29N3/c1-5-18-13-14-12-16(8-11-19-14)20(4)15-6-9-17(2,3)10-7-15/h8,11-12,15,18H,5-7,9-10,13H2,1-4H3. The fraction of sp³-hybridized carbons (Fsp3) is 0.706. The highest BCUT2D eigenvalue weighted by molar-refractivity contribution is 5.46. The molecule has 1 heterocycles. The molecule has 1 aliphatic carbocycles. The van der Waals surface area contributed by atoms with Crippen LogP contribution in [-0.4, -0.2) is 24.6 Å². The molecule has 0 amide bonds. The molecule has 0 saturated heterocycles. The van der Waals surface area contributed by atoms with Crippen LogP contribution in [0.25, 0.3) is 0 Å². The molecule has 0 bridgehead atoms. The molecule has 0 aromatic carbocycles. The second-order valence-electron chi connectivity index (χ2n) is 6.79. The smallest absolute Gasteiger partial charge is 0.0562 e. The predicted octanol–water partition coefficient (Wildman–Crippen LogP) is 3.60. The number of rotatable bonds is 5. The first-order valence-electron chi connectivity index (χ1n) is 7.90. The van der Waals surface area contributed by atoms with Gasteiger partial charge in [-0.05, 0) is 49.8 Å². The maximum absolute atomic E-state index is 4.44. The number of nitrogens with one attached hydrogen (secondary N) is 1. The molecule has 1 N–H and O–H groups in total. The van der Waals surface area contributed by atoms with Crippen LogP contribution in [0.2, 0.25) is 0 Å². The Morgan fingerprint density at radius 3 is 2.70 bits per heavy atom. The average Bonchev–Trinajstić information content (AvgIpc) is 2.45. The molecule has 2 rings (SSSR count). The van der Waals surface area contributed by atoms with Gasteiger partial charge < -0.3 is 10.2 Å². The van der Waals surface area contributed by atoms with Gasteiger partial charge in [0.1, 0.15) is 0 Å². The van der Waals surface area contributed by atoms with Crippen LogP contribution in [0.15, 0.2) is 18.3 Å². The van der Waals surface area contributed by atoms with Gasteiger partial charge in [0.15, 0.2) is 0 Å². The summed E-state index contributed by atoms with van der Waals surface area (Å²) in [5.74, 6) is 0. The molecule has 3 heteroatoms. The van der Waals surface area contributed by atoms with E-state index in [4.69, 9.17) is 0 Å². The molecule has 1 saturated carbocycles. The quantitative estimate of drug-likeness (QED) is 0.890. The van der Waals surface area contributed by atoms with Crippen molar-refractivity contribution < 1.29 is 0 Å². The van der Waals surface area contributed by atoms with Crippen LogP contribution >= 0.6 is 0 Å². The topological polar surface area (TPSA) is 28.2 Å². The van der Waals surface area contributed by atoms with E-state index in [0.29, 0.717) is 11.5 Å². The lowest BCUT2D eigenvalue weighted by atomic mass is 9.75. The molecule has 112 valence electrons. The summed E-state index contributed by atoms with van der Waals surface area (Å²) >= 11 is 0.